The van der Waals surface area contributed by atoms with Crippen molar-refractivity contribution in [3.63, 3.8) is 0 Å². The molecule has 0 saturated heterocycles. The summed E-state index contributed by atoms with van der Waals surface area (Å²) in [5.74, 6) is 0.793. The topological polar surface area (TPSA) is 93.6 Å². The summed E-state index contributed by atoms with van der Waals surface area (Å²) in [6.07, 6.45) is 3.63. The maximum Gasteiger partial charge on any atom is 0.226 e. The molecular formula is C21H18FN7O. The first-order valence-corrected chi connectivity index (χ1v) is 9.06. The molecule has 2 aromatic heterocycles. The van der Waals surface area contributed by atoms with Gasteiger partial charge in [-0.2, -0.15) is 10.2 Å². The smallest absolute Gasteiger partial charge is 0.226 e. The van der Waals surface area contributed by atoms with Gasteiger partial charge in [0.05, 0.1) is 36.1 Å². The highest BCUT2D eigenvalue weighted by Crippen LogP contribution is 2.29. The van der Waals surface area contributed by atoms with E-state index in [1.54, 1.807) is 26.6 Å². The van der Waals surface area contributed by atoms with Gasteiger partial charge in [0.2, 0.25) is 5.95 Å². The number of anilines is 2. The zero-order valence-corrected chi connectivity index (χ0v) is 16.6. The Kier molecular flexibility index (Phi) is 4.90. The maximum atomic E-state index is 14.4. The van der Waals surface area contributed by atoms with Crippen LogP contribution in [0.2, 0.25) is 0 Å². The van der Waals surface area contributed by atoms with Crippen LogP contribution in [0.3, 0.4) is 0 Å². The van der Waals surface area contributed by atoms with Crippen LogP contribution >= 0.6 is 0 Å². The van der Waals surface area contributed by atoms with Gasteiger partial charge in [-0.15, -0.1) is 5.10 Å². The number of nitrogens with zero attached hydrogens (tertiary/aromatic N) is 6. The van der Waals surface area contributed by atoms with E-state index < -0.39 is 5.82 Å². The molecule has 8 nitrogen and oxygen atoms in total. The number of halogens is 1. The van der Waals surface area contributed by atoms with E-state index in [4.69, 9.17) is 10.00 Å². The summed E-state index contributed by atoms with van der Waals surface area (Å²) in [4.78, 5) is 8.71. The van der Waals surface area contributed by atoms with Gasteiger partial charge in [-0.3, -0.25) is 0 Å². The van der Waals surface area contributed by atoms with Gasteiger partial charge in [-0.25, -0.2) is 14.1 Å². The van der Waals surface area contributed by atoms with Crippen molar-refractivity contribution in [2.24, 2.45) is 7.05 Å². The minimum Gasteiger partial charge on any atom is -0.495 e. The minimum absolute atomic E-state index is 0.0440. The fraction of sp³-hybridized carbons (Fsp3) is 0.143. The number of nitrogens with one attached hydrogen (secondary N) is 1. The summed E-state index contributed by atoms with van der Waals surface area (Å²) in [5, 5.41) is 16.3. The Morgan fingerprint density at radius 2 is 2.07 bits per heavy atom. The molecule has 30 heavy (non-hydrogen) atoms. The Hall–Kier alpha value is -4.19. The van der Waals surface area contributed by atoms with Crippen molar-refractivity contribution in [3.8, 4) is 28.9 Å². The van der Waals surface area contributed by atoms with Crippen molar-refractivity contribution in [1.29, 1.82) is 5.26 Å². The van der Waals surface area contributed by atoms with Crippen LogP contribution in [-0.2, 0) is 7.05 Å². The molecule has 9 heteroatoms. The molecular weight excluding hydrogens is 385 g/mol. The standard InChI is InChI=1S/C21H18FN7O/c1-13-11-29(12-24-13)17-8-7-14(9-18(17)30-3)20-26-21(28(2)27-20)25-16-6-4-5-15(10-23)19(16)22/h4-9,11-12H,1-3H3,(H,25,26,27). The zero-order valence-electron chi connectivity index (χ0n) is 16.6. The fourth-order valence-corrected chi connectivity index (χ4v) is 3.03. The zero-order chi connectivity index (χ0) is 21.3. The van der Waals surface area contributed by atoms with Crippen molar-refractivity contribution < 1.29 is 9.13 Å². The van der Waals surface area contributed by atoms with Crippen LogP contribution in [0.1, 0.15) is 11.3 Å². The number of benzene rings is 2. The van der Waals surface area contributed by atoms with Gasteiger partial charge < -0.3 is 14.6 Å². The first kappa shape index (κ1) is 19.1. The summed E-state index contributed by atoms with van der Waals surface area (Å²) >= 11 is 0. The van der Waals surface area contributed by atoms with E-state index in [1.165, 1.54) is 16.8 Å². The molecule has 0 atom stereocenters. The lowest BCUT2D eigenvalue weighted by atomic mass is 10.1. The molecule has 0 spiro atoms. The van der Waals surface area contributed by atoms with E-state index in [1.807, 2.05) is 42.0 Å². The van der Waals surface area contributed by atoms with Crippen LogP contribution < -0.4 is 10.1 Å². The third-order valence-corrected chi connectivity index (χ3v) is 4.56. The number of hydrogen-bond acceptors (Lipinski definition) is 6. The van der Waals surface area contributed by atoms with Crippen molar-refractivity contribution in [2.45, 2.75) is 6.92 Å². The van der Waals surface area contributed by atoms with Gasteiger partial charge in [0.1, 0.15) is 11.8 Å². The van der Waals surface area contributed by atoms with Crippen molar-refractivity contribution in [1.82, 2.24) is 24.3 Å². The van der Waals surface area contributed by atoms with E-state index in [2.05, 4.69) is 20.4 Å². The number of methoxy groups -OCH3 is 1. The number of imidazole rings is 1. The average molecular weight is 403 g/mol. The molecule has 0 unspecified atom stereocenters. The normalized spacial score (nSPS) is 10.6. The second-order valence-corrected chi connectivity index (χ2v) is 6.60. The largest absolute Gasteiger partial charge is 0.495 e. The van der Waals surface area contributed by atoms with Crippen LogP contribution in [-0.4, -0.2) is 31.4 Å². The second kappa shape index (κ2) is 7.67. The molecule has 4 rings (SSSR count). The molecule has 150 valence electrons. The Labute approximate surface area is 172 Å². The van der Waals surface area contributed by atoms with Crippen LogP contribution in [0, 0.1) is 24.1 Å². The van der Waals surface area contributed by atoms with Crippen LogP contribution in [0.5, 0.6) is 5.75 Å². The Balaban J connectivity index is 1.67. The quantitative estimate of drug-likeness (QED) is 0.546. The average Bonchev–Trinajstić information content (AvgIpc) is 3.34. The van der Waals surface area contributed by atoms with Crippen LogP contribution in [0.25, 0.3) is 17.1 Å². The predicted octanol–water partition coefficient (Wildman–Crippen LogP) is 3.74. The lowest BCUT2D eigenvalue weighted by Crippen LogP contribution is -2.02. The molecule has 0 amide bonds. The Morgan fingerprint density at radius 3 is 2.77 bits per heavy atom. The van der Waals surface area contributed by atoms with Gasteiger partial charge in [-0.1, -0.05) is 6.07 Å². The SMILES string of the molecule is COc1cc(-c2nc(Nc3cccc(C#N)c3F)n(C)n2)ccc1-n1cnc(C)c1. The number of ether oxygens (including phenoxy) is 1. The molecule has 2 aromatic carbocycles. The van der Waals surface area contributed by atoms with E-state index in [0.29, 0.717) is 17.5 Å². The van der Waals surface area contributed by atoms with Crippen LogP contribution in [0.4, 0.5) is 16.0 Å². The molecule has 0 saturated carbocycles. The maximum absolute atomic E-state index is 14.4. The highest BCUT2D eigenvalue weighted by Gasteiger charge is 2.15. The van der Waals surface area contributed by atoms with Gasteiger partial charge >= 0.3 is 0 Å². The third kappa shape index (κ3) is 3.46. The van der Waals surface area contributed by atoms with Crippen molar-refractivity contribution in [3.05, 3.63) is 66.0 Å². The molecule has 0 fully saturated rings. The van der Waals surface area contributed by atoms with E-state index in [-0.39, 0.29) is 11.3 Å². The van der Waals surface area contributed by atoms with Gasteiger partial charge in [0.15, 0.2) is 11.6 Å². The Morgan fingerprint density at radius 1 is 1.23 bits per heavy atom. The summed E-state index contributed by atoms with van der Waals surface area (Å²) < 4.78 is 23.3. The third-order valence-electron chi connectivity index (χ3n) is 4.56. The highest BCUT2D eigenvalue weighted by molar-refractivity contribution is 5.65. The highest BCUT2D eigenvalue weighted by atomic mass is 19.1. The molecule has 0 aliphatic carbocycles. The van der Waals surface area contributed by atoms with E-state index in [9.17, 15) is 4.39 Å². The lowest BCUT2D eigenvalue weighted by molar-refractivity contribution is 0.413. The molecule has 0 aliphatic rings. The number of rotatable bonds is 5. The first-order chi connectivity index (χ1) is 14.5. The number of aryl methyl sites for hydroxylation is 2. The number of nitriles is 1. The summed E-state index contributed by atoms with van der Waals surface area (Å²) in [5.41, 5.74) is 2.58. The molecule has 0 bridgehead atoms. The van der Waals surface area contributed by atoms with Gasteiger partial charge in [-0.05, 0) is 37.3 Å². The predicted molar refractivity (Wildman–Crippen MR) is 109 cm³/mol. The monoisotopic (exact) mass is 403 g/mol. The molecule has 1 N–H and O–H groups in total. The lowest BCUT2D eigenvalue weighted by Gasteiger charge is -2.10. The summed E-state index contributed by atoms with van der Waals surface area (Å²) in [7, 11) is 3.29. The Bertz CT molecular complexity index is 1270. The minimum atomic E-state index is -0.633. The van der Waals surface area contributed by atoms with E-state index in [0.717, 1.165) is 16.9 Å². The molecule has 0 radical (unpaired) electrons. The van der Waals surface area contributed by atoms with Gasteiger partial charge in [0, 0.05) is 18.8 Å². The second-order valence-electron chi connectivity index (χ2n) is 6.60. The molecule has 0 aliphatic heterocycles. The number of hydrogen-bond donors (Lipinski definition) is 1. The van der Waals surface area contributed by atoms with E-state index >= 15 is 0 Å². The summed E-state index contributed by atoms with van der Waals surface area (Å²) in [6.45, 7) is 1.92. The van der Waals surface area contributed by atoms with Crippen molar-refractivity contribution in [2.75, 3.05) is 12.4 Å². The van der Waals surface area contributed by atoms with Crippen LogP contribution in [0.15, 0.2) is 48.9 Å². The molecule has 2 heterocycles. The summed E-state index contributed by atoms with van der Waals surface area (Å²) in [6, 6.07) is 12.0. The molecule has 4 aromatic rings. The van der Waals surface area contributed by atoms with Gasteiger partial charge in [0.25, 0.3) is 0 Å². The van der Waals surface area contributed by atoms with Crippen molar-refractivity contribution >= 4 is 11.6 Å². The first-order valence-electron chi connectivity index (χ1n) is 9.06. The number of aromatic nitrogens is 5. The fourth-order valence-electron chi connectivity index (χ4n) is 3.03.